The Bertz CT molecular complexity index is 1220. The molecule has 1 aromatic heterocycles. The first-order valence-corrected chi connectivity index (χ1v) is 10.8. The molecule has 0 spiro atoms. The second kappa shape index (κ2) is 6.23. The van der Waals surface area contributed by atoms with Crippen LogP contribution in [0.1, 0.15) is 53.6 Å². The van der Waals surface area contributed by atoms with Gasteiger partial charge in [-0.25, -0.2) is 23.5 Å². The van der Waals surface area contributed by atoms with E-state index in [1.807, 2.05) is 71.0 Å². The normalized spacial score (nSPS) is 31.4. The van der Waals surface area contributed by atoms with Crippen molar-refractivity contribution in [2.24, 2.45) is 0 Å². The van der Waals surface area contributed by atoms with E-state index in [0.29, 0.717) is 5.69 Å². The molecule has 2 bridgehead atoms. The summed E-state index contributed by atoms with van der Waals surface area (Å²) in [5.41, 5.74) is -0.114. The van der Waals surface area contributed by atoms with Crippen molar-refractivity contribution >= 4 is 7.12 Å². The highest BCUT2D eigenvalue weighted by molar-refractivity contribution is 6.51. The number of nitrogens with zero attached hydrogens (tertiary/aromatic N) is 3. The van der Waals surface area contributed by atoms with Crippen molar-refractivity contribution in [2.45, 2.75) is 70.1 Å². The van der Waals surface area contributed by atoms with Crippen molar-refractivity contribution in [3.05, 3.63) is 75.1 Å². The Morgan fingerprint density at radius 3 is 2.06 bits per heavy atom. The highest BCUT2D eigenvalue weighted by Crippen LogP contribution is 2.61. The first kappa shape index (κ1) is 20.3. The summed E-state index contributed by atoms with van der Waals surface area (Å²) in [6, 6.07) is 8.26. The van der Waals surface area contributed by atoms with Crippen molar-refractivity contribution in [1.82, 2.24) is 13.9 Å². The minimum absolute atomic E-state index is 0.342. The van der Waals surface area contributed by atoms with Crippen LogP contribution < -0.4 is 11.4 Å². The molecule has 1 aliphatic carbocycles. The van der Waals surface area contributed by atoms with Gasteiger partial charge in [-0.1, -0.05) is 43.4 Å². The zero-order valence-corrected chi connectivity index (χ0v) is 18.8. The zero-order chi connectivity index (χ0) is 22.3. The van der Waals surface area contributed by atoms with Crippen molar-refractivity contribution in [3.63, 3.8) is 0 Å². The molecule has 3 unspecified atom stereocenters. The lowest BCUT2D eigenvalue weighted by atomic mass is 9.47. The van der Waals surface area contributed by atoms with Crippen LogP contribution in [-0.4, -0.2) is 32.3 Å². The van der Waals surface area contributed by atoms with E-state index < -0.39 is 29.7 Å². The van der Waals surface area contributed by atoms with Gasteiger partial charge in [0.05, 0.1) is 34.3 Å². The highest BCUT2D eigenvalue weighted by atomic mass is 16.7. The lowest BCUT2D eigenvalue weighted by Gasteiger charge is -2.49. The number of hydrogen-bond acceptors (Lipinski definition) is 4. The molecule has 0 radical (unpaired) electrons. The molecule has 1 fully saturated rings. The van der Waals surface area contributed by atoms with Gasteiger partial charge < -0.3 is 9.31 Å². The van der Waals surface area contributed by atoms with E-state index in [9.17, 15) is 9.59 Å². The summed E-state index contributed by atoms with van der Waals surface area (Å²) in [5, 5.41) is -0.641. The number of hydrogen-bond donors (Lipinski definition) is 0. The van der Waals surface area contributed by atoms with E-state index >= 15 is 0 Å². The minimum Gasteiger partial charge on any atom is -0.403 e. The molecule has 162 valence electrons. The van der Waals surface area contributed by atoms with Gasteiger partial charge >= 0.3 is 18.5 Å². The molecule has 1 aromatic carbocycles. The Hall–Kier alpha value is -2.58. The first-order chi connectivity index (χ1) is 14.5. The molecule has 3 aliphatic heterocycles. The second-order valence-corrected chi connectivity index (χ2v) is 9.81. The van der Waals surface area contributed by atoms with Crippen LogP contribution in [0.3, 0.4) is 0 Å². The number of allylic oxidation sites excluding steroid dienone is 4. The predicted molar refractivity (Wildman–Crippen MR) is 120 cm³/mol. The van der Waals surface area contributed by atoms with Crippen molar-refractivity contribution in [3.8, 4) is 5.69 Å². The number of aromatic nitrogens is 3. The molecule has 1 saturated heterocycles. The number of fused-ring (bicyclic) bond motifs is 1. The molecule has 2 aromatic rings. The Morgan fingerprint density at radius 2 is 1.48 bits per heavy atom. The molecule has 4 aliphatic rings. The van der Waals surface area contributed by atoms with Crippen molar-refractivity contribution in [2.75, 3.05) is 0 Å². The van der Waals surface area contributed by atoms with Gasteiger partial charge in [0.15, 0.2) is 0 Å². The first-order valence-electron chi connectivity index (χ1n) is 10.8. The molecule has 3 atom stereocenters. The average molecular weight is 421 g/mol. The van der Waals surface area contributed by atoms with Crippen LogP contribution in [0.5, 0.6) is 0 Å². The summed E-state index contributed by atoms with van der Waals surface area (Å²) in [4.78, 5) is 27.0. The average Bonchev–Trinajstić information content (AvgIpc) is 3.12. The molecule has 0 amide bonds. The van der Waals surface area contributed by atoms with Gasteiger partial charge in [-0.2, -0.15) is 0 Å². The molecule has 7 nitrogen and oxygen atoms in total. The smallest absolute Gasteiger partial charge is 0.403 e. The predicted octanol–water partition coefficient (Wildman–Crippen LogP) is 3.27. The van der Waals surface area contributed by atoms with Crippen LogP contribution >= 0.6 is 0 Å². The molecular weight excluding hydrogens is 393 g/mol. The van der Waals surface area contributed by atoms with E-state index in [2.05, 4.69) is 6.92 Å². The van der Waals surface area contributed by atoms with E-state index in [1.165, 1.54) is 4.57 Å². The molecular formula is C23H28BN3O4. The molecule has 4 heterocycles. The zero-order valence-electron chi connectivity index (χ0n) is 18.8. The number of para-hydroxylation sites is 1. The van der Waals surface area contributed by atoms with Gasteiger partial charge in [-0.15, -0.1) is 0 Å². The fourth-order valence-electron chi connectivity index (χ4n) is 5.17. The fraction of sp³-hybridized carbons (Fsp3) is 0.478. The van der Waals surface area contributed by atoms with E-state index in [1.54, 1.807) is 21.5 Å². The maximum atomic E-state index is 13.5. The highest BCUT2D eigenvalue weighted by Gasteiger charge is 2.65. The van der Waals surface area contributed by atoms with Crippen LogP contribution in [0.25, 0.3) is 5.69 Å². The van der Waals surface area contributed by atoms with Crippen LogP contribution in [-0.2, 0) is 9.31 Å². The summed E-state index contributed by atoms with van der Waals surface area (Å²) in [6.07, 6.45) is 6.05. The Labute approximate surface area is 181 Å². The van der Waals surface area contributed by atoms with Crippen LogP contribution in [0, 0.1) is 0 Å². The standard InChI is InChI=1S/C23H28BN3O4/c1-7-16-17-13-14-18(23(16,6)24-30-21(2,3)22(4,5)31-24)27-20(29)25(19(28)26(17)27)15-11-9-8-10-12-15/h7-14,17-18H,1-6H3/b16-7+. The fourth-order valence-corrected chi connectivity index (χ4v) is 5.17. The molecule has 8 heteroatoms. The molecule has 0 N–H and O–H groups in total. The number of rotatable bonds is 2. The van der Waals surface area contributed by atoms with Crippen LogP contribution in [0.2, 0.25) is 5.31 Å². The molecule has 31 heavy (non-hydrogen) atoms. The van der Waals surface area contributed by atoms with Gasteiger partial charge in [-0.3, -0.25) is 0 Å². The topological polar surface area (TPSA) is 67.4 Å². The minimum atomic E-state index is -0.641. The van der Waals surface area contributed by atoms with Crippen LogP contribution in [0.15, 0.2) is 63.7 Å². The lowest BCUT2D eigenvalue weighted by molar-refractivity contribution is 0.00578. The SMILES string of the molecule is C/C=C1\C2C=CC(n3c(=O)n(-c4ccccc4)c(=O)n32)C1(C)B1OC(C)(C)C(C)(C)O1. The van der Waals surface area contributed by atoms with E-state index in [0.717, 1.165) is 5.57 Å². The Morgan fingerprint density at radius 1 is 0.903 bits per heavy atom. The maximum absolute atomic E-state index is 13.5. The number of benzene rings is 1. The van der Waals surface area contributed by atoms with Gasteiger partial charge in [0.25, 0.3) is 0 Å². The summed E-state index contributed by atoms with van der Waals surface area (Å²) in [5.74, 6) is 0. The largest absolute Gasteiger partial charge is 0.471 e. The van der Waals surface area contributed by atoms with Gasteiger partial charge in [0.1, 0.15) is 0 Å². The van der Waals surface area contributed by atoms with Crippen molar-refractivity contribution in [1.29, 1.82) is 0 Å². The van der Waals surface area contributed by atoms with Gasteiger partial charge in [0, 0.05) is 0 Å². The molecule has 0 saturated carbocycles. The summed E-state index contributed by atoms with van der Waals surface area (Å²) in [6.45, 7) is 12.1. The van der Waals surface area contributed by atoms with Crippen LogP contribution in [0.4, 0.5) is 0 Å². The quantitative estimate of drug-likeness (QED) is 0.552. The van der Waals surface area contributed by atoms with Crippen molar-refractivity contribution < 1.29 is 9.31 Å². The maximum Gasteiger partial charge on any atom is 0.471 e. The Balaban J connectivity index is 1.73. The summed E-state index contributed by atoms with van der Waals surface area (Å²) in [7, 11) is -0.558. The lowest BCUT2D eigenvalue weighted by Crippen LogP contribution is -2.53. The summed E-state index contributed by atoms with van der Waals surface area (Å²) >= 11 is 0. The third kappa shape index (κ3) is 2.43. The monoisotopic (exact) mass is 421 g/mol. The third-order valence-corrected chi connectivity index (χ3v) is 7.63. The Kier molecular flexibility index (Phi) is 4.09. The third-order valence-electron chi connectivity index (χ3n) is 7.63. The molecule has 6 rings (SSSR count). The van der Waals surface area contributed by atoms with E-state index in [4.69, 9.17) is 9.31 Å². The van der Waals surface area contributed by atoms with Gasteiger partial charge in [-0.05, 0) is 52.3 Å². The van der Waals surface area contributed by atoms with Gasteiger partial charge in [0.2, 0.25) is 0 Å². The van der Waals surface area contributed by atoms with E-state index in [-0.39, 0.29) is 17.4 Å². The summed E-state index contributed by atoms with van der Waals surface area (Å²) < 4.78 is 17.3. The second-order valence-electron chi connectivity index (χ2n) is 9.81.